The van der Waals surface area contributed by atoms with Gasteiger partial charge in [-0.3, -0.25) is 0 Å². The van der Waals surface area contributed by atoms with Crippen LogP contribution >= 0.6 is 11.6 Å². The first-order valence-electron chi connectivity index (χ1n) is 5.77. The lowest BCUT2D eigenvalue weighted by molar-refractivity contribution is 0.665. The Labute approximate surface area is 105 Å². The van der Waals surface area contributed by atoms with E-state index in [1.54, 1.807) is 0 Å². The normalized spacial score (nSPS) is 20.1. The first-order valence-corrected chi connectivity index (χ1v) is 6.30. The number of fused-ring (bicyclic) bond motifs is 1. The van der Waals surface area contributed by atoms with E-state index in [9.17, 15) is 0 Å². The fourth-order valence-electron chi connectivity index (χ4n) is 2.15. The summed E-state index contributed by atoms with van der Waals surface area (Å²) in [6.07, 6.45) is 1.11. The van der Waals surface area contributed by atoms with Gasteiger partial charge >= 0.3 is 0 Å². The van der Waals surface area contributed by atoms with Gasteiger partial charge in [0.25, 0.3) is 0 Å². The predicted octanol–water partition coefficient (Wildman–Crippen LogP) is 2.09. The minimum atomic E-state index is 0.548. The first-order chi connectivity index (χ1) is 8.36. The van der Waals surface area contributed by atoms with Crippen LogP contribution in [0.3, 0.4) is 0 Å². The van der Waals surface area contributed by atoms with Crippen LogP contribution < -0.4 is 4.90 Å². The number of aromatic nitrogens is 3. The van der Waals surface area contributed by atoms with E-state index < -0.39 is 0 Å². The van der Waals surface area contributed by atoms with Crippen LogP contribution in [0.2, 0.25) is 0 Å². The molecule has 0 amide bonds. The van der Waals surface area contributed by atoms with Gasteiger partial charge in [0.05, 0.1) is 5.52 Å². The smallest absolute Gasteiger partial charge is 0.245 e. The number of benzene rings is 1. The second kappa shape index (κ2) is 4.45. The lowest BCUT2D eigenvalue weighted by atomic mass is 10.2. The highest BCUT2D eigenvalue weighted by molar-refractivity contribution is 6.18. The van der Waals surface area contributed by atoms with Crippen LogP contribution in [0.4, 0.5) is 5.95 Å². The Hall–Kier alpha value is -1.42. The van der Waals surface area contributed by atoms with E-state index in [2.05, 4.69) is 20.1 Å². The van der Waals surface area contributed by atoms with E-state index >= 15 is 0 Å². The number of para-hydroxylation sites is 1. The van der Waals surface area contributed by atoms with Crippen LogP contribution in [0.15, 0.2) is 24.3 Å². The van der Waals surface area contributed by atoms with E-state index in [0.717, 1.165) is 36.5 Å². The van der Waals surface area contributed by atoms with Crippen molar-refractivity contribution in [2.24, 2.45) is 5.92 Å². The minimum Gasteiger partial charge on any atom is -0.339 e. The first kappa shape index (κ1) is 10.7. The van der Waals surface area contributed by atoms with E-state index in [1.807, 2.05) is 24.3 Å². The lowest BCUT2D eigenvalue weighted by Gasteiger charge is -2.15. The number of rotatable bonds is 2. The van der Waals surface area contributed by atoms with Crippen LogP contribution in [0, 0.1) is 5.92 Å². The zero-order valence-electron chi connectivity index (χ0n) is 9.38. The summed E-state index contributed by atoms with van der Waals surface area (Å²) in [5.41, 5.74) is 1.73. The molecular formula is C12H13ClN4. The van der Waals surface area contributed by atoms with E-state index in [4.69, 9.17) is 11.6 Å². The molecule has 1 saturated heterocycles. The Morgan fingerprint density at radius 3 is 2.82 bits per heavy atom. The van der Waals surface area contributed by atoms with Crippen LogP contribution in [0.1, 0.15) is 6.42 Å². The van der Waals surface area contributed by atoms with Crippen LogP contribution in [0.25, 0.3) is 11.0 Å². The number of nitrogens with zero attached hydrogens (tertiary/aromatic N) is 4. The van der Waals surface area contributed by atoms with Gasteiger partial charge in [-0.25, -0.2) is 4.98 Å². The number of alkyl halides is 1. The molecule has 0 spiro atoms. The monoisotopic (exact) mass is 248 g/mol. The van der Waals surface area contributed by atoms with Crippen molar-refractivity contribution < 1.29 is 0 Å². The van der Waals surface area contributed by atoms with E-state index in [0.29, 0.717) is 11.8 Å². The van der Waals surface area contributed by atoms with Gasteiger partial charge in [0.2, 0.25) is 5.95 Å². The molecule has 88 valence electrons. The Kier molecular flexibility index (Phi) is 2.81. The maximum absolute atomic E-state index is 5.87. The number of halogens is 1. The Morgan fingerprint density at radius 2 is 2.06 bits per heavy atom. The highest BCUT2D eigenvalue weighted by Crippen LogP contribution is 2.22. The molecule has 2 heterocycles. The Morgan fingerprint density at radius 1 is 1.24 bits per heavy atom. The summed E-state index contributed by atoms with van der Waals surface area (Å²) in [6.45, 7) is 1.90. The molecular weight excluding hydrogens is 236 g/mol. The Bertz CT molecular complexity index is 531. The molecule has 0 aliphatic carbocycles. The predicted molar refractivity (Wildman–Crippen MR) is 68.4 cm³/mol. The van der Waals surface area contributed by atoms with Gasteiger partial charge in [0.1, 0.15) is 5.52 Å². The highest BCUT2D eigenvalue weighted by atomic mass is 35.5. The number of anilines is 1. The summed E-state index contributed by atoms with van der Waals surface area (Å²) < 4.78 is 0. The summed E-state index contributed by atoms with van der Waals surface area (Å²) in [5, 5.41) is 8.37. The molecule has 1 aromatic carbocycles. The molecule has 2 aromatic rings. The molecule has 5 heteroatoms. The van der Waals surface area contributed by atoms with Gasteiger partial charge in [-0.1, -0.05) is 12.1 Å². The molecule has 1 aromatic heterocycles. The largest absolute Gasteiger partial charge is 0.339 e. The fraction of sp³-hybridized carbons (Fsp3) is 0.417. The standard InChI is InChI=1S/C12H13ClN4/c13-7-9-5-6-17(8-9)12-14-10-3-1-2-4-11(10)15-16-12/h1-4,9H,5-8H2. The summed E-state index contributed by atoms with van der Waals surface area (Å²) in [4.78, 5) is 6.69. The second-order valence-corrected chi connectivity index (χ2v) is 4.66. The van der Waals surface area contributed by atoms with Crippen LogP contribution in [-0.2, 0) is 0 Å². The molecule has 0 N–H and O–H groups in total. The summed E-state index contributed by atoms with van der Waals surface area (Å²) in [7, 11) is 0. The summed E-state index contributed by atoms with van der Waals surface area (Å²) in [6, 6.07) is 7.79. The molecule has 0 saturated carbocycles. The average molecular weight is 249 g/mol. The topological polar surface area (TPSA) is 41.9 Å². The van der Waals surface area contributed by atoms with Gasteiger partial charge in [-0.2, -0.15) is 0 Å². The van der Waals surface area contributed by atoms with Crippen LogP contribution in [0.5, 0.6) is 0 Å². The van der Waals surface area contributed by atoms with Crippen molar-refractivity contribution in [1.82, 2.24) is 15.2 Å². The van der Waals surface area contributed by atoms with Crippen molar-refractivity contribution >= 4 is 28.6 Å². The molecule has 17 heavy (non-hydrogen) atoms. The maximum Gasteiger partial charge on any atom is 0.245 e. The molecule has 1 aliphatic rings. The lowest BCUT2D eigenvalue weighted by Crippen LogP contribution is -2.22. The third-order valence-electron chi connectivity index (χ3n) is 3.14. The third-order valence-corrected chi connectivity index (χ3v) is 3.57. The molecule has 1 fully saturated rings. The van der Waals surface area contributed by atoms with Crippen molar-refractivity contribution in [2.75, 3.05) is 23.9 Å². The van der Waals surface area contributed by atoms with Crippen molar-refractivity contribution in [3.05, 3.63) is 24.3 Å². The maximum atomic E-state index is 5.87. The zero-order valence-corrected chi connectivity index (χ0v) is 10.1. The molecule has 0 bridgehead atoms. The molecule has 4 nitrogen and oxygen atoms in total. The summed E-state index contributed by atoms with van der Waals surface area (Å²) in [5.74, 6) is 1.97. The minimum absolute atomic E-state index is 0.548. The molecule has 0 radical (unpaired) electrons. The van der Waals surface area contributed by atoms with Gasteiger partial charge in [-0.05, 0) is 24.5 Å². The molecule has 3 rings (SSSR count). The fourth-order valence-corrected chi connectivity index (χ4v) is 2.40. The summed E-state index contributed by atoms with van der Waals surface area (Å²) >= 11 is 5.87. The quantitative estimate of drug-likeness (QED) is 0.764. The number of hydrogen-bond donors (Lipinski definition) is 0. The molecule has 1 unspecified atom stereocenters. The van der Waals surface area contributed by atoms with Gasteiger partial charge in [0, 0.05) is 19.0 Å². The third kappa shape index (κ3) is 2.05. The van der Waals surface area contributed by atoms with Gasteiger partial charge in [-0.15, -0.1) is 21.8 Å². The molecule has 1 atom stereocenters. The van der Waals surface area contributed by atoms with E-state index in [1.165, 1.54) is 0 Å². The molecule has 1 aliphatic heterocycles. The van der Waals surface area contributed by atoms with Gasteiger partial charge in [0.15, 0.2) is 0 Å². The van der Waals surface area contributed by atoms with Crippen molar-refractivity contribution in [1.29, 1.82) is 0 Å². The average Bonchev–Trinajstić information content (AvgIpc) is 2.87. The van der Waals surface area contributed by atoms with Crippen molar-refractivity contribution in [3.8, 4) is 0 Å². The SMILES string of the molecule is ClCC1CCN(c2nnc3ccccc3n2)C1. The van der Waals surface area contributed by atoms with Crippen molar-refractivity contribution in [2.45, 2.75) is 6.42 Å². The number of hydrogen-bond acceptors (Lipinski definition) is 4. The van der Waals surface area contributed by atoms with E-state index in [-0.39, 0.29) is 0 Å². The highest BCUT2D eigenvalue weighted by Gasteiger charge is 2.23. The van der Waals surface area contributed by atoms with Crippen molar-refractivity contribution in [3.63, 3.8) is 0 Å². The van der Waals surface area contributed by atoms with Gasteiger partial charge < -0.3 is 4.90 Å². The zero-order chi connectivity index (χ0) is 11.7. The Balaban J connectivity index is 1.91. The van der Waals surface area contributed by atoms with Crippen LogP contribution in [-0.4, -0.2) is 34.2 Å². The second-order valence-electron chi connectivity index (χ2n) is 4.36.